The molecule has 0 aliphatic carbocycles. The summed E-state index contributed by atoms with van der Waals surface area (Å²) in [4.78, 5) is 24.0. The summed E-state index contributed by atoms with van der Waals surface area (Å²) in [6.07, 6.45) is -4.61. The minimum Gasteiger partial charge on any atom is -0.454 e. The molecule has 0 aromatic heterocycles. The zero-order chi connectivity index (χ0) is 23.5. The second-order valence-corrected chi connectivity index (χ2v) is 7.05. The lowest BCUT2D eigenvalue weighted by Gasteiger charge is -2.15. The Labute approximate surface area is 188 Å². The summed E-state index contributed by atoms with van der Waals surface area (Å²) >= 11 is 12.0. The van der Waals surface area contributed by atoms with Crippen LogP contribution in [0, 0.1) is 5.82 Å². The predicted molar refractivity (Wildman–Crippen MR) is 111 cm³/mol. The van der Waals surface area contributed by atoms with Gasteiger partial charge in [-0.2, -0.15) is 13.2 Å². The van der Waals surface area contributed by atoms with Crippen molar-refractivity contribution in [3.05, 3.63) is 87.7 Å². The maximum Gasteiger partial charge on any atom is 0.416 e. The monoisotopic (exact) mass is 486 g/mol. The van der Waals surface area contributed by atoms with E-state index in [1.165, 1.54) is 18.2 Å². The Bertz CT molecular complexity index is 1170. The second-order valence-electron chi connectivity index (χ2n) is 6.26. The average molecular weight is 487 g/mol. The minimum absolute atomic E-state index is 0.198. The lowest BCUT2D eigenvalue weighted by Crippen LogP contribution is -2.34. The molecule has 5 nitrogen and oxygen atoms in total. The smallest absolute Gasteiger partial charge is 0.416 e. The van der Waals surface area contributed by atoms with Gasteiger partial charge < -0.3 is 10.1 Å². The lowest BCUT2D eigenvalue weighted by atomic mass is 10.2. The van der Waals surface area contributed by atoms with Crippen LogP contribution in [-0.4, -0.2) is 11.9 Å². The number of anilines is 1. The van der Waals surface area contributed by atoms with Gasteiger partial charge in [0.05, 0.1) is 16.3 Å². The first kappa shape index (κ1) is 23.4. The summed E-state index contributed by atoms with van der Waals surface area (Å²) in [6.45, 7) is 0. The molecule has 3 aromatic carbocycles. The third-order valence-corrected chi connectivity index (χ3v) is 4.63. The number of nitrogens with one attached hydrogen (secondary N) is 2. The van der Waals surface area contributed by atoms with Crippen molar-refractivity contribution in [1.82, 2.24) is 5.32 Å². The molecule has 0 heterocycles. The number of imide groups is 1. The van der Waals surface area contributed by atoms with Crippen molar-refractivity contribution >= 4 is 40.8 Å². The minimum atomic E-state index is -4.61. The Morgan fingerprint density at radius 2 is 1.62 bits per heavy atom. The van der Waals surface area contributed by atoms with Gasteiger partial charge in [0.15, 0.2) is 11.6 Å². The van der Waals surface area contributed by atoms with Gasteiger partial charge in [0.1, 0.15) is 10.8 Å². The summed E-state index contributed by atoms with van der Waals surface area (Å²) in [5.74, 6) is -2.63. The molecule has 0 bridgehead atoms. The molecular weight excluding hydrogens is 475 g/mol. The first-order valence-electron chi connectivity index (χ1n) is 8.76. The van der Waals surface area contributed by atoms with E-state index in [9.17, 15) is 27.2 Å². The van der Waals surface area contributed by atoms with Crippen molar-refractivity contribution in [3.63, 3.8) is 0 Å². The van der Waals surface area contributed by atoms with Crippen LogP contribution in [0.5, 0.6) is 11.5 Å². The van der Waals surface area contributed by atoms with Gasteiger partial charge >= 0.3 is 12.2 Å². The molecule has 3 aromatic rings. The van der Waals surface area contributed by atoms with Crippen LogP contribution >= 0.6 is 23.2 Å². The van der Waals surface area contributed by atoms with Crippen LogP contribution in [0.1, 0.15) is 15.9 Å². The fourth-order valence-electron chi connectivity index (χ4n) is 2.54. The summed E-state index contributed by atoms with van der Waals surface area (Å²) in [6, 6.07) is 11.5. The van der Waals surface area contributed by atoms with Crippen molar-refractivity contribution in [2.24, 2.45) is 0 Å². The first-order valence-corrected chi connectivity index (χ1v) is 9.52. The Morgan fingerprint density at radius 1 is 0.938 bits per heavy atom. The topological polar surface area (TPSA) is 67.4 Å². The molecule has 32 heavy (non-hydrogen) atoms. The number of carbonyl (C=O) groups excluding carboxylic acids is 2. The van der Waals surface area contributed by atoms with Crippen LogP contribution in [0.15, 0.2) is 60.7 Å². The number of ether oxygens (including phenoxy) is 1. The Kier molecular flexibility index (Phi) is 6.90. The number of carbonyl (C=O) groups is 2. The van der Waals surface area contributed by atoms with E-state index in [4.69, 9.17) is 27.9 Å². The van der Waals surface area contributed by atoms with Gasteiger partial charge in [-0.25, -0.2) is 9.18 Å². The molecule has 166 valence electrons. The number of rotatable bonds is 4. The normalized spacial score (nSPS) is 11.1. The van der Waals surface area contributed by atoms with E-state index in [-0.39, 0.29) is 16.3 Å². The van der Waals surface area contributed by atoms with E-state index >= 15 is 0 Å². The van der Waals surface area contributed by atoms with Crippen LogP contribution in [0.4, 0.5) is 28.0 Å². The van der Waals surface area contributed by atoms with E-state index in [0.29, 0.717) is 6.07 Å². The fraction of sp³-hybridized carbons (Fsp3) is 0.0476. The van der Waals surface area contributed by atoms with E-state index in [0.717, 1.165) is 18.2 Å². The molecule has 0 saturated carbocycles. The van der Waals surface area contributed by atoms with Crippen molar-refractivity contribution in [2.45, 2.75) is 6.18 Å². The number of hydrogen-bond acceptors (Lipinski definition) is 3. The molecule has 2 N–H and O–H groups in total. The SMILES string of the molecule is O=C(NC(=O)c1ccccc1)Nc1cc(Cl)c(Oc2cccc(C(F)(F)F)c2)c(Cl)c1F. The number of benzene rings is 3. The molecule has 0 unspecified atom stereocenters. The van der Waals surface area contributed by atoms with Crippen LogP contribution in [0.25, 0.3) is 0 Å². The number of hydrogen-bond donors (Lipinski definition) is 2. The standard InChI is InChI=1S/C21H12Cl2F4N2O3/c22-14-10-15(28-20(31)29-19(30)11-5-2-1-3-6-11)17(24)16(23)18(14)32-13-8-4-7-12(9-13)21(25,26)27/h1-10H,(H2,28,29,30,31). The number of urea groups is 1. The molecule has 0 fully saturated rings. The Morgan fingerprint density at radius 3 is 2.28 bits per heavy atom. The Hall–Kier alpha value is -3.30. The van der Waals surface area contributed by atoms with E-state index in [2.05, 4.69) is 5.32 Å². The molecule has 11 heteroatoms. The van der Waals surface area contributed by atoms with Crippen molar-refractivity contribution in [2.75, 3.05) is 5.32 Å². The van der Waals surface area contributed by atoms with Crippen molar-refractivity contribution in [3.8, 4) is 11.5 Å². The maximum absolute atomic E-state index is 14.7. The summed E-state index contributed by atoms with van der Waals surface area (Å²) in [7, 11) is 0. The highest BCUT2D eigenvalue weighted by atomic mass is 35.5. The van der Waals surface area contributed by atoms with Gasteiger partial charge in [-0.05, 0) is 36.4 Å². The first-order chi connectivity index (χ1) is 15.1. The summed E-state index contributed by atoms with van der Waals surface area (Å²) < 4.78 is 58.5. The average Bonchev–Trinajstić information content (AvgIpc) is 2.75. The van der Waals surface area contributed by atoms with Gasteiger partial charge in [0.25, 0.3) is 5.91 Å². The number of amides is 3. The summed E-state index contributed by atoms with van der Waals surface area (Å²) in [5, 5.41) is 3.13. The molecule has 0 radical (unpaired) electrons. The second kappa shape index (κ2) is 9.46. The van der Waals surface area contributed by atoms with Crippen LogP contribution in [0.3, 0.4) is 0 Å². The molecular formula is C21H12Cl2F4N2O3. The fourth-order valence-corrected chi connectivity index (χ4v) is 3.07. The maximum atomic E-state index is 14.7. The predicted octanol–water partition coefficient (Wildman–Crippen LogP) is 6.91. The largest absolute Gasteiger partial charge is 0.454 e. The Balaban J connectivity index is 1.78. The van der Waals surface area contributed by atoms with Crippen LogP contribution in [-0.2, 0) is 6.18 Å². The van der Waals surface area contributed by atoms with Crippen molar-refractivity contribution < 1.29 is 31.9 Å². The van der Waals surface area contributed by atoms with E-state index in [1.807, 2.05) is 5.32 Å². The molecule has 3 amide bonds. The number of halogens is 6. The molecule has 0 saturated heterocycles. The third kappa shape index (κ3) is 5.49. The van der Waals surface area contributed by atoms with Gasteiger partial charge in [-0.3, -0.25) is 10.1 Å². The molecule has 3 rings (SSSR count). The van der Waals surface area contributed by atoms with E-state index < -0.39 is 46.0 Å². The van der Waals surface area contributed by atoms with Gasteiger partial charge in [-0.1, -0.05) is 47.5 Å². The molecule has 0 spiro atoms. The van der Waals surface area contributed by atoms with Crippen LogP contribution in [0.2, 0.25) is 10.0 Å². The quantitative estimate of drug-likeness (QED) is 0.311. The van der Waals surface area contributed by atoms with Crippen LogP contribution < -0.4 is 15.4 Å². The van der Waals surface area contributed by atoms with Gasteiger partial charge in [0.2, 0.25) is 0 Å². The van der Waals surface area contributed by atoms with E-state index in [1.54, 1.807) is 18.2 Å². The highest BCUT2D eigenvalue weighted by molar-refractivity contribution is 6.38. The van der Waals surface area contributed by atoms with Crippen molar-refractivity contribution in [1.29, 1.82) is 0 Å². The number of alkyl halides is 3. The third-order valence-electron chi connectivity index (χ3n) is 4.01. The highest BCUT2D eigenvalue weighted by Gasteiger charge is 2.31. The molecule has 0 atom stereocenters. The highest BCUT2D eigenvalue weighted by Crippen LogP contribution is 2.42. The molecule has 0 aliphatic heterocycles. The van der Waals surface area contributed by atoms with Gasteiger partial charge in [-0.15, -0.1) is 0 Å². The molecule has 0 aliphatic rings. The van der Waals surface area contributed by atoms with Gasteiger partial charge in [0, 0.05) is 5.56 Å². The summed E-state index contributed by atoms with van der Waals surface area (Å²) in [5.41, 5.74) is -1.26. The lowest BCUT2D eigenvalue weighted by molar-refractivity contribution is -0.137. The zero-order valence-electron chi connectivity index (χ0n) is 15.8. The zero-order valence-corrected chi connectivity index (χ0v) is 17.3.